The van der Waals surface area contributed by atoms with Crippen LogP contribution in [0.3, 0.4) is 0 Å². The van der Waals surface area contributed by atoms with Crippen molar-refractivity contribution in [2.24, 2.45) is 0 Å². The van der Waals surface area contributed by atoms with E-state index in [2.05, 4.69) is 67.8 Å². The average molecular weight is 1050 g/mol. The maximum Gasteiger partial charge on any atom is 0.472 e. The molecule has 0 aliphatic heterocycles. The summed E-state index contributed by atoms with van der Waals surface area (Å²) in [7, 11) is 1.56. The molecule has 0 spiro atoms. The summed E-state index contributed by atoms with van der Waals surface area (Å²) in [4.78, 5) is 23.2. The molecular weight excluding hydrogens is 924 g/mol. The van der Waals surface area contributed by atoms with E-state index >= 15 is 0 Å². The summed E-state index contributed by atoms with van der Waals surface area (Å²) < 4.78 is 23.6. The van der Waals surface area contributed by atoms with Crippen molar-refractivity contribution in [3.63, 3.8) is 0 Å². The highest BCUT2D eigenvalue weighted by molar-refractivity contribution is 7.47. The molecule has 0 heterocycles. The predicted molar refractivity (Wildman–Crippen MR) is 318 cm³/mol. The molecule has 0 aliphatic rings. The van der Waals surface area contributed by atoms with Crippen molar-refractivity contribution in [2.45, 2.75) is 302 Å². The predicted octanol–water partition coefficient (Wildman–Crippen LogP) is 19.3. The molecule has 0 saturated heterocycles. The molecule has 0 rings (SSSR count). The quantitative estimate of drug-likeness (QED) is 0.0243. The van der Waals surface area contributed by atoms with Gasteiger partial charge in [0.05, 0.1) is 39.9 Å². The van der Waals surface area contributed by atoms with Crippen LogP contribution in [0.1, 0.15) is 290 Å². The second kappa shape index (κ2) is 55.0. The molecule has 428 valence electrons. The number of phosphoric acid groups is 1. The van der Waals surface area contributed by atoms with Crippen LogP contribution >= 0.6 is 7.82 Å². The molecule has 0 aromatic heterocycles. The highest BCUT2D eigenvalue weighted by Crippen LogP contribution is 2.43. The van der Waals surface area contributed by atoms with Crippen LogP contribution in [0, 0.1) is 0 Å². The van der Waals surface area contributed by atoms with Crippen LogP contribution in [0.5, 0.6) is 0 Å². The number of allylic oxidation sites excluding steroid dienone is 9. The Morgan fingerprint density at radius 1 is 0.466 bits per heavy atom. The van der Waals surface area contributed by atoms with Gasteiger partial charge in [0.15, 0.2) is 0 Å². The molecule has 0 fully saturated rings. The van der Waals surface area contributed by atoms with Crippen molar-refractivity contribution in [1.29, 1.82) is 0 Å². The van der Waals surface area contributed by atoms with E-state index in [1.807, 2.05) is 27.2 Å². The SMILES string of the molecule is CCCCCC/C=C/CC/C=C/C(O)C(COP(=O)(O)OCC[N+](C)(C)C)NC(=O)CCCCCCCCCCCCCCCCCCCCCCCCCCCC/C=C\C/C=C\C/C=C\CCCCCCC. The number of nitrogens with zero attached hydrogens (tertiary/aromatic N) is 1. The third-order valence-electron chi connectivity index (χ3n) is 14.0. The number of hydrogen-bond donors (Lipinski definition) is 3. The van der Waals surface area contributed by atoms with Crippen molar-refractivity contribution in [3.05, 3.63) is 60.8 Å². The van der Waals surface area contributed by atoms with E-state index in [4.69, 9.17) is 9.05 Å². The number of quaternary nitrogens is 1. The summed E-state index contributed by atoms with van der Waals surface area (Å²) in [5, 5.41) is 13.8. The molecule has 3 unspecified atom stereocenters. The first-order chi connectivity index (χ1) is 35.5. The van der Waals surface area contributed by atoms with Gasteiger partial charge in [-0.15, -0.1) is 0 Å². The number of amides is 1. The van der Waals surface area contributed by atoms with E-state index in [1.165, 1.54) is 218 Å². The molecule has 0 aliphatic carbocycles. The lowest BCUT2D eigenvalue weighted by molar-refractivity contribution is -0.870. The van der Waals surface area contributed by atoms with Gasteiger partial charge >= 0.3 is 7.82 Å². The van der Waals surface area contributed by atoms with Gasteiger partial charge in [-0.3, -0.25) is 13.8 Å². The number of nitrogens with one attached hydrogen (secondary N) is 1. The number of rotatable bonds is 57. The number of aliphatic hydroxyl groups excluding tert-OH is 1. The van der Waals surface area contributed by atoms with E-state index in [9.17, 15) is 19.4 Å². The van der Waals surface area contributed by atoms with Crippen LogP contribution in [0.15, 0.2) is 60.8 Å². The second-order valence-corrected chi connectivity index (χ2v) is 23.9. The minimum Gasteiger partial charge on any atom is -0.387 e. The van der Waals surface area contributed by atoms with Crippen molar-refractivity contribution in [3.8, 4) is 0 Å². The summed E-state index contributed by atoms with van der Waals surface area (Å²) in [5.74, 6) is -0.186. The number of likely N-dealkylation sites (N-methyl/N-ethyl adjacent to an activating group) is 1. The fourth-order valence-corrected chi connectivity index (χ4v) is 9.80. The van der Waals surface area contributed by atoms with Crippen molar-refractivity contribution in [2.75, 3.05) is 40.9 Å². The lowest BCUT2D eigenvalue weighted by Gasteiger charge is -2.25. The van der Waals surface area contributed by atoms with E-state index in [0.717, 1.165) is 51.4 Å². The van der Waals surface area contributed by atoms with Crippen molar-refractivity contribution >= 4 is 13.7 Å². The summed E-state index contributed by atoms with van der Waals surface area (Å²) >= 11 is 0. The highest BCUT2D eigenvalue weighted by atomic mass is 31.2. The Bertz CT molecular complexity index is 1370. The minimum absolute atomic E-state index is 0.0564. The first-order valence-electron chi connectivity index (χ1n) is 31.2. The number of carbonyl (C=O) groups excluding carboxylic acids is 1. The van der Waals surface area contributed by atoms with E-state index in [0.29, 0.717) is 17.4 Å². The molecule has 0 bridgehead atoms. The molecule has 0 aromatic carbocycles. The average Bonchev–Trinajstić information content (AvgIpc) is 3.35. The van der Waals surface area contributed by atoms with Crippen LogP contribution in [0.25, 0.3) is 0 Å². The summed E-state index contributed by atoms with van der Waals surface area (Å²) in [6, 6.07) is -0.861. The highest BCUT2D eigenvalue weighted by Gasteiger charge is 2.27. The van der Waals surface area contributed by atoms with E-state index < -0.39 is 20.0 Å². The smallest absolute Gasteiger partial charge is 0.387 e. The molecule has 0 saturated carbocycles. The zero-order valence-electron chi connectivity index (χ0n) is 48.9. The minimum atomic E-state index is -4.35. The molecule has 3 N–H and O–H groups in total. The fourth-order valence-electron chi connectivity index (χ4n) is 9.07. The van der Waals surface area contributed by atoms with Crippen LogP contribution in [-0.4, -0.2) is 73.4 Å². The van der Waals surface area contributed by atoms with Crippen molar-refractivity contribution < 1.29 is 32.9 Å². The summed E-state index contributed by atoms with van der Waals surface area (Å²) in [5.41, 5.74) is 0. The Balaban J connectivity index is 3.80. The van der Waals surface area contributed by atoms with Gasteiger partial charge < -0.3 is 19.8 Å². The first-order valence-corrected chi connectivity index (χ1v) is 32.7. The second-order valence-electron chi connectivity index (χ2n) is 22.4. The summed E-state index contributed by atoms with van der Waals surface area (Å²) in [6.07, 6.45) is 75.3. The molecule has 73 heavy (non-hydrogen) atoms. The molecule has 3 atom stereocenters. The monoisotopic (exact) mass is 1050 g/mol. The van der Waals surface area contributed by atoms with Crippen molar-refractivity contribution in [1.82, 2.24) is 5.32 Å². The number of hydrogen-bond acceptors (Lipinski definition) is 5. The molecule has 1 amide bonds. The third-order valence-corrected chi connectivity index (χ3v) is 14.9. The topological polar surface area (TPSA) is 105 Å². The Morgan fingerprint density at radius 3 is 1.21 bits per heavy atom. The maximum atomic E-state index is 12.9. The largest absolute Gasteiger partial charge is 0.472 e. The maximum absolute atomic E-state index is 12.9. The number of unbranched alkanes of at least 4 members (excludes halogenated alkanes) is 36. The van der Waals surface area contributed by atoms with Crippen LogP contribution in [-0.2, 0) is 18.4 Å². The van der Waals surface area contributed by atoms with Gasteiger partial charge in [0.2, 0.25) is 5.91 Å². The molecule has 9 heteroatoms. The summed E-state index contributed by atoms with van der Waals surface area (Å²) in [6.45, 7) is 4.76. The third kappa shape index (κ3) is 57.7. The zero-order chi connectivity index (χ0) is 53.5. The number of aliphatic hydroxyl groups is 1. The number of phosphoric ester groups is 1. The Labute approximate surface area is 453 Å². The van der Waals surface area contributed by atoms with Gasteiger partial charge in [0, 0.05) is 6.42 Å². The Hall–Kier alpha value is -1.80. The van der Waals surface area contributed by atoms with Crippen LogP contribution < -0.4 is 5.32 Å². The molecular formula is C64H122N2O6P+. The van der Waals surface area contributed by atoms with E-state index in [-0.39, 0.29) is 19.1 Å². The van der Waals surface area contributed by atoms with Crippen LogP contribution in [0.2, 0.25) is 0 Å². The van der Waals surface area contributed by atoms with Crippen LogP contribution in [0.4, 0.5) is 0 Å². The molecule has 8 nitrogen and oxygen atoms in total. The van der Waals surface area contributed by atoms with Gasteiger partial charge in [-0.2, -0.15) is 0 Å². The first kappa shape index (κ1) is 71.2. The van der Waals surface area contributed by atoms with Gasteiger partial charge in [-0.25, -0.2) is 4.57 Å². The fraction of sp³-hybridized carbons (Fsp3) is 0.828. The lowest BCUT2D eigenvalue weighted by atomic mass is 10.0. The van der Waals surface area contributed by atoms with Gasteiger partial charge in [-0.1, -0.05) is 274 Å². The molecule has 0 aromatic rings. The lowest BCUT2D eigenvalue weighted by Crippen LogP contribution is -2.45. The van der Waals surface area contributed by atoms with E-state index in [1.54, 1.807) is 6.08 Å². The Morgan fingerprint density at radius 2 is 0.795 bits per heavy atom. The normalized spacial score (nSPS) is 14.2. The Kier molecular flexibility index (Phi) is 53.6. The zero-order valence-corrected chi connectivity index (χ0v) is 49.8. The van der Waals surface area contributed by atoms with Gasteiger partial charge in [0.25, 0.3) is 0 Å². The number of carbonyl (C=O) groups is 1. The van der Waals surface area contributed by atoms with Gasteiger partial charge in [0.1, 0.15) is 13.2 Å². The standard InChI is InChI=1S/C64H121N2O6P/c1-6-8-10-12-14-16-18-19-20-21-22-23-24-25-26-27-28-29-30-31-32-33-34-35-36-37-38-39-40-41-42-43-44-45-46-47-48-50-52-54-56-58-64(68)65-62(61-72-73(69,70)71-60-59-66(3,4)5)63(67)57-55-53-51-49-17-15-13-11-9-7-2/h17-19,21-22,24-25,49,55,57,62-63,67H,6-16,20,23,26-48,50-54,56,58-61H2,1-5H3,(H-,65,68,69,70)/p+1/b19-18-,22-21-,25-24-,49-17+,57-55+. The van der Waals surface area contributed by atoms with Gasteiger partial charge in [-0.05, 0) is 70.6 Å². The molecule has 0 radical (unpaired) electrons.